The van der Waals surface area contributed by atoms with E-state index in [4.69, 9.17) is 0 Å². The third-order valence-electron chi connectivity index (χ3n) is 3.58. The Morgan fingerprint density at radius 2 is 2.16 bits per heavy atom. The predicted octanol–water partition coefficient (Wildman–Crippen LogP) is 0.912. The van der Waals surface area contributed by atoms with Gasteiger partial charge in [-0.15, -0.1) is 0 Å². The number of nitrogens with zero attached hydrogens (tertiary/aromatic N) is 1. The molecule has 1 fully saturated rings. The summed E-state index contributed by atoms with van der Waals surface area (Å²) in [5.41, 5.74) is 0. The second-order valence-corrected chi connectivity index (χ2v) is 5.22. The van der Waals surface area contributed by atoms with Gasteiger partial charge in [0.25, 0.3) is 0 Å². The number of piperidine rings is 1. The van der Waals surface area contributed by atoms with Crippen LogP contribution < -0.4 is 5.32 Å². The molecule has 0 aromatic carbocycles. The monoisotopic (exact) mass is 270 g/mol. The van der Waals surface area contributed by atoms with Gasteiger partial charge >= 0.3 is 0 Å². The Morgan fingerprint density at radius 1 is 1.42 bits per heavy atom. The van der Waals surface area contributed by atoms with Crippen molar-refractivity contribution in [2.24, 2.45) is 5.92 Å². The molecule has 2 N–H and O–H groups in total. The van der Waals surface area contributed by atoms with E-state index in [1.807, 2.05) is 13.8 Å². The average Bonchev–Trinajstić information content (AvgIpc) is 2.44. The van der Waals surface area contributed by atoms with E-state index >= 15 is 0 Å². The molecule has 1 saturated heterocycles. The zero-order valence-corrected chi connectivity index (χ0v) is 12.0. The highest BCUT2D eigenvalue weighted by Gasteiger charge is 2.27. The van der Waals surface area contributed by atoms with E-state index in [0.29, 0.717) is 25.9 Å². The standard InChI is InChI=1S/C14H26N2O3/c1-3-6-12(17)9-15-14(19)11-7-5-8-16(10-11)13(18)4-2/h11-12,17H,3-10H2,1-2H3,(H,15,19). The lowest BCUT2D eigenvalue weighted by Gasteiger charge is -2.32. The summed E-state index contributed by atoms with van der Waals surface area (Å²) in [4.78, 5) is 25.4. The molecule has 2 atom stereocenters. The first-order valence-electron chi connectivity index (χ1n) is 7.32. The quantitative estimate of drug-likeness (QED) is 0.754. The molecule has 5 nitrogen and oxygen atoms in total. The molecule has 0 spiro atoms. The molecule has 0 aromatic rings. The zero-order valence-electron chi connectivity index (χ0n) is 12.0. The molecule has 5 heteroatoms. The highest BCUT2D eigenvalue weighted by atomic mass is 16.3. The summed E-state index contributed by atoms with van der Waals surface area (Å²) in [6.07, 6.45) is 3.32. The van der Waals surface area contributed by atoms with E-state index in [9.17, 15) is 14.7 Å². The topological polar surface area (TPSA) is 69.6 Å². The van der Waals surface area contributed by atoms with Crippen molar-refractivity contribution in [1.82, 2.24) is 10.2 Å². The number of carbonyl (C=O) groups excluding carboxylic acids is 2. The molecule has 0 aliphatic carbocycles. The van der Waals surface area contributed by atoms with Crippen LogP contribution in [-0.4, -0.2) is 47.6 Å². The maximum absolute atomic E-state index is 12.0. The predicted molar refractivity (Wildman–Crippen MR) is 73.5 cm³/mol. The number of likely N-dealkylation sites (tertiary alicyclic amines) is 1. The van der Waals surface area contributed by atoms with Crippen LogP contribution in [0.1, 0.15) is 46.0 Å². The number of hydrogen-bond donors (Lipinski definition) is 2. The van der Waals surface area contributed by atoms with E-state index in [1.54, 1.807) is 4.90 Å². The highest BCUT2D eigenvalue weighted by Crippen LogP contribution is 2.17. The lowest BCUT2D eigenvalue weighted by molar-refractivity contribution is -0.135. The van der Waals surface area contributed by atoms with Crippen molar-refractivity contribution in [3.63, 3.8) is 0 Å². The molecule has 2 amide bonds. The van der Waals surface area contributed by atoms with E-state index in [1.165, 1.54) is 0 Å². The van der Waals surface area contributed by atoms with Crippen LogP contribution in [-0.2, 0) is 9.59 Å². The van der Waals surface area contributed by atoms with Gasteiger partial charge in [0.2, 0.25) is 11.8 Å². The second-order valence-electron chi connectivity index (χ2n) is 5.22. The minimum absolute atomic E-state index is 0.0382. The smallest absolute Gasteiger partial charge is 0.224 e. The summed E-state index contributed by atoms with van der Waals surface area (Å²) in [7, 11) is 0. The van der Waals surface area contributed by atoms with Crippen LogP contribution in [0.15, 0.2) is 0 Å². The van der Waals surface area contributed by atoms with Gasteiger partial charge in [-0.05, 0) is 19.3 Å². The molecule has 1 heterocycles. The van der Waals surface area contributed by atoms with Crippen molar-refractivity contribution in [1.29, 1.82) is 0 Å². The van der Waals surface area contributed by atoms with Gasteiger partial charge in [0.15, 0.2) is 0 Å². The Balaban J connectivity index is 2.37. The van der Waals surface area contributed by atoms with Gasteiger partial charge in [-0.25, -0.2) is 0 Å². The highest BCUT2D eigenvalue weighted by molar-refractivity contribution is 5.81. The first-order chi connectivity index (χ1) is 9.08. The largest absolute Gasteiger partial charge is 0.391 e. The molecule has 0 radical (unpaired) electrons. The Morgan fingerprint density at radius 3 is 2.79 bits per heavy atom. The SMILES string of the molecule is CCCC(O)CNC(=O)C1CCCN(C(=O)CC)C1. The molecule has 19 heavy (non-hydrogen) atoms. The first-order valence-corrected chi connectivity index (χ1v) is 7.32. The van der Waals surface area contributed by atoms with Gasteiger partial charge < -0.3 is 15.3 Å². The zero-order chi connectivity index (χ0) is 14.3. The van der Waals surface area contributed by atoms with Gasteiger partial charge in [-0.1, -0.05) is 20.3 Å². The van der Waals surface area contributed by atoms with E-state index in [0.717, 1.165) is 25.8 Å². The van der Waals surface area contributed by atoms with Crippen molar-refractivity contribution >= 4 is 11.8 Å². The van der Waals surface area contributed by atoms with Crippen molar-refractivity contribution in [3.05, 3.63) is 0 Å². The van der Waals surface area contributed by atoms with E-state index < -0.39 is 6.10 Å². The number of carbonyl (C=O) groups is 2. The lowest BCUT2D eigenvalue weighted by Crippen LogP contribution is -2.46. The van der Waals surface area contributed by atoms with Gasteiger partial charge in [0, 0.05) is 26.1 Å². The summed E-state index contributed by atoms with van der Waals surface area (Å²) in [5, 5.41) is 12.4. The number of aliphatic hydroxyl groups excluding tert-OH is 1. The van der Waals surface area contributed by atoms with Gasteiger partial charge in [0.05, 0.1) is 12.0 Å². The average molecular weight is 270 g/mol. The number of aliphatic hydroxyl groups is 1. The number of rotatable bonds is 6. The molecule has 1 aliphatic heterocycles. The van der Waals surface area contributed by atoms with Gasteiger partial charge in [-0.2, -0.15) is 0 Å². The number of amides is 2. The molecule has 0 bridgehead atoms. The first kappa shape index (κ1) is 16.0. The lowest BCUT2D eigenvalue weighted by atomic mass is 9.96. The van der Waals surface area contributed by atoms with Crippen molar-refractivity contribution in [2.75, 3.05) is 19.6 Å². The Labute approximate surface area is 115 Å². The Bertz CT molecular complexity index is 307. The van der Waals surface area contributed by atoms with Crippen LogP contribution in [0.3, 0.4) is 0 Å². The number of hydrogen-bond acceptors (Lipinski definition) is 3. The molecule has 0 aromatic heterocycles. The van der Waals surface area contributed by atoms with Crippen LogP contribution in [0.4, 0.5) is 0 Å². The molecule has 2 unspecified atom stereocenters. The summed E-state index contributed by atoms with van der Waals surface area (Å²) < 4.78 is 0. The summed E-state index contributed by atoms with van der Waals surface area (Å²) in [6.45, 7) is 5.43. The van der Waals surface area contributed by atoms with Crippen molar-refractivity contribution in [3.8, 4) is 0 Å². The van der Waals surface area contributed by atoms with E-state index in [2.05, 4.69) is 5.32 Å². The van der Waals surface area contributed by atoms with Gasteiger partial charge in [-0.3, -0.25) is 9.59 Å². The summed E-state index contributed by atoms with van der Waals surface area (Å²) in [6, 6.07) is 0. The summed E-state index contributed by atoms with van der Waals surface area (Å²) >= 11 is 0. The third-order valence-corrected chi connectivity index (χ3v) is 3.58. The normalized spacial score (nSPS) is 21.0. The van der Waals surface area contributed by atoms with Crippen LogP contribution in [0, 0.1) is 5.92 Å². The molecule has 110 valence electrons. The molecule has 1 rings (SSSR count). The maximum Gasteiger partial charge on any atom is 0.224 e. The van der Waals surface area contributed by atoms with Crippen LogP contribution >= 0.6 is 0 Å². The molecular formula is C14H26N2O3. The third kappa shape index (κ3) is 5.19. The fraction of sp³-hybridized carbons (Fsp3) is 0.857. The molecular weight excluding hydrogens is 244 g/mol. The van der Waals surface area contributed by atoms with Gasteiger partial charge in [0.1, 0.15) is 0 Å². The minimum Gasteiger partial charge on any atom is -0.391 e. The second kappa shape index (κ2) is 8.15. The fourth-order valence-corrected chi connectivity index (χ4v) is 2.44. The van der Waals surface area contributed by atoms with Crippen LogP contribution in [0.2, 0.25) is 0 Å². The van der Waals surface area contributed by atoms with Crippen LogP contribution in [0.5, 0.6) is 0 Å². The Kier molecular flexibility index (Phi) is 6.84. The van der Waals surface area contributed by atoms with Crippen molar-refractivity contribution in [2.45, 2.75) is 52.1 Å². The Hall–Kier alpha value is -1.10. The summed E-state index contributed by atoms with van der Waals surface area (Å²) in [5.74, 6) is -0.0506. The van der Waals surface area contributed by atoms with Crippen LogP contribution in [0.25, 0.3) is 0 Å². The maximum atomic E-state index is 12.0. The fourth-order valence-electron chi connectivity index (χ4n) is 2.44. The van der Waals surface area contributed by atoms with Crippen molar-refractivity contribution < 1.29 is 14.7 Å². The number of nitrogens with one attached hydrogen (secondary N) is 1. The molecule has 0 saturated carbocycles. The molecule has 1 aliphatic rings. The minimum atomic E-state index is -0.467. The van der Waals surface area contributed by atoms with E-state index in [-0.39, 0.29) is 17.7 Å².